The van der Waals surface area contributed by atoms with Gasteiger partial charge in [0.15, 0.2) is 0 Å². The molecular weight excluding hydrogens is 173 g/mol. The van der Waals surface area contributed by atoms with Crippen molar-refractivity contribution in [3.8, 4) is 0 Å². The van der Waals surface area contributed by atoms with Crippen LogP contribution in [0.1, 0.15) is 5.56 Å². The summed E-state index contributed by atoms with van der Waals surface area (Å²) in [5, 5.41) is 0. The molecule has 1 aromatic rings. The third kappa shape index (κ3) is 2.01. The van der Waals surface area contributed by atoms with Gasteiger partial charge in [-0.2, -0.15) is 0 Å². The van der Waals surface area contributed by atoms with Gasteiger partial charge in [0.1, 0.15) is 12.1 Å². The Morgan fingerprint density at radius 2 is 2.30 bits per heavy atom. The number of anilines is 1. The molecule has 0 aliphatic heterocycles. The number of nitrogens with two attached hydrogens (primary N) is 1. The quantitative estimate of drug-likeness (QED) is 0.661. The van der Waals surface area contributed by atoms with Crippen LogP contribution in [0, 0.1) is 0 Å². The molecule has 1 heterocycles. The second-order valence-corrected chi connectivity index (χ2v) is 1.83. The molecule has 0 atom stereocenters. The number of nitrogens with zero attached hydrogens (tertiary/aromatic N) is 2. The minimum absolute atomic E-state index is 0. The molecule has 0 aromatic carbocycles. The zero-order valence-corrected chi connectivity index (χ0v) is 6.69. The first-order chi connectivity index (χ1) is 4.34. The summed E-state index contributed by atoms with van der Waals surface area (Å²) in [5.74, 6) is 0.826. The van der Waals surface area contributed by atoms with Crippen molar-refractivity contribution in [3.05, 3.63) is 18.1 Å². The van der Waals surface area contributed by atoms with Crippen molar-refractivity contribution >= 4 is 29.8 Å². The Morgan fingerprint density at radius 3 is 2.70 bits per heavy atom. The third-order valence-corrected chi connectivity index (χ3v) is 1.25. The zero-order valence-electron chi connectivity index (χ0n) is 5.12. The van der Waals surface area contributed by atoms with Gasteiger partial charge in [-0.15, -0.1) is 24.0 Å². The molecule has 1 rings (SSSR count). The van der Waals surface area contributed by atoms with Crippen molar-refractivity contribution in [1.82, 2.24) is 9.97 Å². The maximum atomic E-state index is 5.47. The van der Waals surface area contributed by atoms with Crippen molar-refractivity contribution in [2.75, 3.05) is 5.73 Å². The van der Waals surface area contributed by atoms with Gasteiger partial charge in [0.2, 0.25) is 0 Å². The monoisotopic (exact) mass is 179 g/mol. The summed E-state index contributed by atoms with van der Waals surface area (Å²) in [7, 11) is 0. The van der Waals surface area contributed by atoms with E-state index in [9.17, 15) is 0 Å². The van der Waals surface area contributed by atoms with Gasteiger partial charge in [0.05, 0.1) is 5.88 Å². The first kappa shape index (κ1) is 9.46. The van der Waals surface area contributed by atoms with Crippen molar-refractivity contribution < 1.29 is 0 Å². The molecule has 2 N–H and O–H groups in total. The van der Waals surface area contributed by atoms with Crippen LogP contribution in [-0.4, -0.2) is 9.97 Å². The second-order valence-electron chi connectivity index (χ2n) is 1.57. The minimum Gasteiger partial charge on any atom is -0.383 e. The van der Waals surface area contributed by atoms with Crippen LogP contribution in [0.2, 0.25) is 0 Å². The molecule has 0 unspecified atom stereocenters. The van der Waals surface area contributed by atoms with E-state index in [4.69, 9.17) is 17.3 Å². The van der Waals surface area contributed by atoms with Crippen molar-refractivity contribution in [2.24, 2.45) is 0 Å². The molecule has 5 heteroatoms. The Balaban J connectivity index is 0.000000810. The highest BCUT2D eigenvalue weighted by atomic mass is 35.5. The van der Waals surface area contributed by atoms with Crippen LogP contribution in [0.5, 0.6) is 0 Å². The summed E-state index contributed by atoms with van der Waals surface area (Å²) in [6.07, 6.45) is 3.00. The van der Waals surface area contributed by atoms with Crippen LogP contribution in [0.4, 0.5) is 5.82 Å². The molecule has 0 amide bonds. The smallest absolute Gasteiger partial charge is 0.131 e. The van der Waals surface area contributed by atoms with E-state index < -0.39 is 0 Å². The highest BCUT2D eigenvalue weighted by Gasteiger charge is 1.94. The van der Waals surface area contributed by atoms with Crippen LogP contribution < -0.4 is 5.73 Å². The third-order valence-electron chi connectivity index (χ3n) is 0.967. The molecular formula is C5H7Cl2N3. The van der Waals surface area contributed by atoms with Gasteiger partial charge in [-0.3, -0.25) is 0 Å². The van der Waals surface area contributed by atoms with Crippen molar-refractivity contribution in [3.63, 3.8) is 0 Å². The highest BCUT2D eigenvalue weighted by molar-refractivity contribution is 6.17. The number of halogens is 2. The first-order valence-electron chi connectivity index (χ1n) is 2.45. The number of hydrogen-bond acceptors (Lipinski definition) is 3. The van der Waals surface area contributed by atoms with E-state index in [1.54, 1.807) is 6.20 Å². The molecule has 0 saturated heterocycles. The molecule has 0 bridgehead atoms. The maximum absolute atomic E-state index is 5.47. The van der Waals surface area contributed by atoms with E-state index >= 15 is 0 Å². The van der Waals surface area contributed by atoms with Crippen LogP contribution in [-0.2, 0) is 5.88 Å². The van der Waals surface area contributed by atoms with E-state index in [-0.39, 0.29) is 12.4 Å². The summed E-state index contributed by atoms with van der Waals surface area (Å²) >= 11 is 5.47. The standard InChI is InChI=1S/C5H6ClN3.ClH/c6-1-4-2-8-3-9-5(4)7;/h2-3H,1H2,(H2,7,8,9);1H. The molecule has 0 aliphatic rings. The Hall–Kier alpha value is -0.540. The number of alkyl halides is 1. The molecule has 3 nitrogen and oxygen atoms in total. The van der Waals surface area contributed by atoms with Crippen molar-refractivity contribution in [2.45, 2.75) is 5.88 Å². The van der Waals surface area contributed by atoms with E-state index in [1.165, 1.54) is 6.33 Å². The van der Waals surface area contributed by atoms with Crippen LogP contribution in [0.25, 0.3) is 0 Å². The Bertz CT molecular complexity index is 204. The topological polar surface area (TPSA) is 51.8 Å². The van der Waals surface area contributed by atoms with E-state index in [1.807, 2.05) is 0 Å². The van der Waals surface area contributed by atoms with E-state index in [2.05, 4.69) is 9.97 Å². The summed E-state index contributed by atoms with van der Waals surface area (Å²) in [6, 6.07) is 0. The van der Waals surface area contributed by atoms with Crippen LogP contribution >= 0.6 is 24.0 Å². The van der Waals surface area contributed by atoms with Gasteiger partial charge in [0, 0.05) is 11.8 Å². The maximum Gasteiger partial charge on any atom is 0.131 e. The Labute approximate surface area is 70.0 Å². The van der Waals surface area contributed by atoms with Crippen molar-refractivity contribution in [1.29, 1.82) is 0 Å². The minimum atomic E-state index is 0. The average molecular weight is 180 g/mol. The molecule has 0 saturated carbocycles. The highest BCUT2D eigenvalue weighted by Crippen LogP contribution is 2.06. The lowest BCUT2D eigenvalue weighted by Gasteiger charge is -1.95. The predicted molar refractivity (Wildman–Crippen MR) is 43.2 cm³/mol. The van der Waals surface area contributed by atoms with Gasteiger partial charge in [0.25, 0.3) is 0 Å². The summed E-state index contributed by atoms with van der Waals surface area (Å²) < 4.78 is 0. The van der Waals surface area contributed by atoms with E-state index in [0.29, 0.717) is 11.7 Å². The van der Waals surface area contributed by atoms with Gasteiger partial charge in [-0.1, -0.05) is 0 Å². The van der Waals surface area contributed by atoms with Gasteiger partial charge in [-0.25, -0.2) is 9.97 Å². The number of hydrogen-bond donors (Lipinski definition) is 1. The summed E-state index contributed by atoms with van der Waals surface area (Å²) in [4.78, 5) is 7.47. The number of aromatic nitrogens is 2. The lowest BCUT2D eigenvalue weighted by atomic mass is 10.4. The lowest BCUT2D eigenvalue weighted by Crippen LogP contribution is -1.95. The molecule has 1 aromatic heterocycles. The van der Waals surface area contributed by atoms with Crippen LogP contribution in [0.15, 0.2) is 12.5 Å². The normalized spacial score (nSPS) is 8.50. The average Bonchev–Trinajstić information content (AvgIpc) is 1.89. The lowest BCUT2D eigenvalue weighted by molar-refractivity contribution is 1.13. The molecule has 0 fully saturated rings. The molecule has 0 aliphatic carbocycles. The first-order valence-corrected chi connectivity index (χ1v) is 2.98. The summed E-state index contributed by atoms with van der Waals surface area (Å²) in [5.41, 5.74) is 6.17. The molecule has 0 spiro atoms. The van der Waals surface area contributed by atoms with Gasteiger partial charge < -0.3 is 5.73 Å². The second kappa shape index (κ2) is 4.30. The van der Waals surface area contributed by atoms with Gasteiger partial charge in [-0.05, 0) is 0 Å². The SMILES string of the molecule is Cl.Nc1ncncc1CCl. The Kier molecular flexibility index (Phi) is 4.07. The molecule has 0 radical (unpaired) electrons. The fraction of sp³-hybridized carbons (Fsp3) is 0.200. The number of rotatable bonds is 1. The van der Waals surface area contributed by atoms with Crippen LogP contribution in [0.3, 0.4) is 0 Å². The van der Waals surface area contributed by atoms with E-state index in [0.717, 1.165) is 5.56 Å². The van der Waals surface area contributed by atoms with Gasteiger partial charge >= 0.3 is 0 Å². The fourth-order valence-electron chi connectivity index (χ4n) is 0.471. The zero-order chi connectivity index (χ0) is 6.69. The number of nitrogen functional groups attached to an aromatic ring is 1. The fourth-order valence-corrected chi connectivity index (χ4v) is 0.677. The predicted octanol–water partition coefficient (Wildman–Crippen LogP) is 1.22. The largest absolute Gasteiger partial charge is 0.383 e. The molecule has 56 valence electrons. The summed E-state index contributed by atoms with van der Waals surface area (Å²) in [6.45, 7) is 0. The Morgan fingerprint density at radius 1 is 1.60 bits per heavy atom. The molecule has 10 heavy (non-hydrogen) atoms.